The normalized spacial score (nSPS) is 10.7. The van der Waals surface area contributed by atoms with Gasteiger partial charge in [0.1, 0.15) is 0 Å². The molecule has 7 heteroatoms. The van der Waals surface area contributed by atoms with Crippen LogP contribution < -0.4 is 5.32 Å². The van der Waals surface area contributed by atoms with Crippen LogP contribution in [0, 0.1) is 13.8 Å². The first-order valence-corrected chi connectivity index (χ1v) is 11.0. The smallest absolute Gasteiger partial charge is 0.255 e. The molecule has 0 fully saturated rings. The number of anilines is 1. The molecule has 1 amide bonds. The molecule has 3 aromatic rings. The summed E-state index contributed by atoms with van der Waals surface area (Å²) in [6.07, 6.45) is 1.97. The standard InChI is InChI=1S/C19H19N3OS3/c1-12-4-9-16(13(2)10-12)20-17(23)15-7-5-14(6-8-15)11-25-19-21-18(24-3)22-26-19/h4-10H,11H2,1-3H3,(H,20,23). The van der Waals surface area contributed by atoms with E-state index in [1.807, 2.05) is 56.5 Å². The zero-order valence-electron chi connectivity index (χ0n) is 14.8. The lowest BCUT2D eigenvalue weighted by atomic mass is 10.1. The van der Waals surface area contributed by atoms with Gasteiger partial charge in [-0.3, -0.25) is 4.79 Å². The molecule has 4 nitrogen and oxygen atoms in total. The van der Waals surface area contributed by atoms with E-state index in [1.165, 1.54) is 17.1 Å². The minimum atomic E-state index is -0.0927. The van der Waals surface area contributed by atoms with Crippen LogP contribution in [-0.4, -0.2) is 21.5 Å². The maximum Gasteiger partial charge on any atom is 0.255 e. The van der Waals surface area contributed by atoms with Gasteiger partial charge in [-0.05, 0) is 61.0 Å². The number of benzene rings is 2. The number of aryl methyl sites for hydroxylation is 2. The van der Waals surface area contributed by atoms with Crippen molar-refractivity contribution in [3.63, 3.8) is 0 Å². The van der Waals surface area contributed by atoms with Crippen LogP contribution in [0.3, 0.4) is 0 Å². The zero-order valence-corrected chi connectivity index (χ0v) is 17.2. The summed E-state index contributed by atoms with van der Waals surface area (Å²) >= 11 is 4.63. The molecule has 1 N–H and O–H groups in total. The summed E-state index contributed by atoms with van der Waals surface area (Å²) in [5.41, 5.74) is 4.90. The van der Waals surface area contributed by atoms with Gasteiger partial charge in [0.25, 0.3) is 5.91 Å². The second kappa shape index (κ2) is 8.70. The van der Waals surface area contributed by atoms with E-state index in [-0.39, 0.29) is 5.91 Å². The van der Waals surface area contributed by atoms with Gasteiger partial charge in [-0.2, -0.15) is 4.37 Å². The number of carbonyl (C=O) groups excluding carboxylic acids is 1. The fourth-order valence-electron chi connectivity index (χ4n) is 2.38. The van der Waals surface area contributed by atoms with Crippen LogP contribution in [0.5, 0.6) is 0 Å². The highest BCUT2D eigenvalue weighted by molar-refractivity contribution is 8.00. The van der Waals surface area contributed by atoms with E-state index in [0.29, 0.717) is 5.56 Å². The molecule has 0 saturated carbocycles. The van der Waals surface area contributed by atoms with Gasteiger partial charge in [-0.15, -0.1) is 0 Å². The van der Waals surface area contributed by atoms with Crippen molar-refractivity contribution in [1.82, 2.24) is 9.36 Å². The lowest BCUT2D eigenvalue weighted by Crippen LogP contribution is -2.12. The third kappa shape index (κ3) is 4.87. The maximum atomic E-state index is 12.4. The summed E-state index contributed by atoms with van der Waals surface area (Å²) in [6, 6.07) is 13.7. The van der Waals surface area contributed by atoms with Crippen LogP contribution in [0.1, 0.15) is 27.0 Å². The predicted molar refractivity (Wildman–Crippen MR) is 112 cm³/mol. The lowest BCUT2D eigenvalue weighted by molar-refractivity contribution is 0.102. The van der Waals surface area contributed by atoms with Crippen LogP contribution >= 0.6 is 35.1 Å². The average molecular weight is 402 g/mol. The summed E-state index contributed by atoms with van der Waals surface area (Å²) in [6.45, 7) is 4.04. The van der Waals surface area contributed by atoms with E-state index in [1.54, 1.807) is 23.5 Å². The number of nitrogens with one attached hydrogen (secondary N) is 1. The summed E-state index contributed by atoms with van der Waals surface area (Å²) in [7, 11) is 0. The molecule has 2 aromatic carbocycles. The fraction of sp³-hybridized carbons (Fsp3) is 0.211. The van der Waals surface area contributed by atoms with E-state index in [0.717, 1.165) is 32.1 Å². The van der Waals surface area contributed by atoms with E-state index in [2.05, 4.69) is 20.7 Å². The molecule has 134 valence electrons. The van der Waals surface area contributed by atoms with Crippen LogP contribution in [0.15, 0.2) is 52.0 Å². The van der Waals surface area contributed by atoms with Crippen LogP contribution in [0.25, 0.3) is 0 Å². The minimum Gasteiger partial charge on any atom is -0.322 e. The fourth-order valence-corrected chi connectivity index (χ4v) is 4.55. The predicted octanol–water partition coefficient (Wildman–Crippen LogP) is 5.42. The maximum absolute atomic E-state index is 12.4. The van der Waals surface area contributed by atoms with Crippen molar-refractivity contribution in [2.45, 2.75) is 29.1 Å². The monoisotopic (exact) mass is 401 g/mol. The van der Waals surface area contributed by atoms with Gasteiger partial charge >= 0.3 is 0 Å². The zero-order chi connectivity index (χ0) is 18.5. The van der Waals surface area contributed by atoms with Crippen molar-refractivity contribution in [1.29, 1.82) is 0 Å². The first kappa shape index (κ1) is 18.9. The molecule has 0 aliphatic rings. The number of hydrogen-bond donors (Lipinski definition) is 1. The summed E-state index contributed by atoms with van der Waals surface area (Å²) < 4.78 is 5.22. The molecule has 0 saturated heterocycles. The number of rotatable bonds is 6. The Labute approximate surface area is 166 Å². The molecule has 0 unspecified atom stereocenters. The number of carbonyl (C=O) groups is 1. The quantitative estimate of drug-likeness (QED) is 0.559. The van der Waals surface area contributed by atoms with Gasteiger partial charge in [0.15, 0.2) is 4.34 Å². The van der Waals surface area contributed by atoms with Crippen molar-refractivity contribution in [2.24, 2.45) is 0 Å². The average Bonchev–Trinajstić information content (AvgIpc) is 3.11. The number of amides is 1. The molecular formula is C19H19N3OS3. The Bertz CT molecular complexity index is 907. The second-order valence-electron chi connectivity index (χ2n) is 5.81. The van der Waals surface area contributed by atoms with Gasteiger partial charge in [0, 0.05) is 17.0 Å². The summed E-state index contributed by atoms with van der Waals surface area (Å²) in [4.78, 5) is 16.9. The van der Waals surface area contributed by atoms with Gasteiger partial charge in [-0.25, -0.2) is 4.98 Å². The Hall–Kier alpha value is -1.83. The summed E-state index contributed by atoms with van der Waals surface area (Å²) in [5.74, 6) is 0.715. The van der Waals surface area contributed by atoms with E-state index in [9.17, 15) is 4.79 Å². The molecule has 0 atom stereocenters. The minimum absolute atomic E-state index is 0.0927. The molecule has 26 heavy (non-hydrogen) atoms. The van der Waals surface area contributed by atoms with Crippen molar-refractivity contribution in [3.05, 3.63) is 64.7 Å². The van der Waals surface area contributed by atoms with E-state index >= 15 is 0 Å². The number of hydrogen-bond acceptors (Lipinski definition) is 6. The molecule has 1 aromatic heterocycles. The van der Waals surface area contributed by atoms with Gasteiger partial charge < -0.3 is 5.32 Å². The highest BCUT2D eigenvalue weighted by atomic mass is 32.2. The highest BCUT2D eigenvalue weighted by Gasteiger charge is 2.09. The van der Waals surface area contributed by atoms with Crippen LogP contribution in [0.2, 0.25) is 0 Å². The topological polar surface area (TPSA) is 54.9 Å². The molecule has 0 bridgehead atoms. The summed E-state index contributed by atoms with van der Waals surface area (Å²) in [5, 5.41) is 3.79. The molecule has 3 rings (SSSR count). The number of thioether (sulfide) groups is 2. The Balaban J connectivity index is 1.60. The van der Waals surface area contributed by atoms with Crippen molar-refractivity contribution >= 4 is 46.7 Å². The van der Waals surface area contributed by atoms with Crippen molar-refractivity contribution in [2.75, 3.05) is 11.6 Å². The lowest BCUT2D eigenvalue weighted by Gasteiger charge is -2.09. The highest BCUT2D eigenvalue weighted by Crippen LogP contribution is 2.27. The third-order valence-electron chi connectivity index (χ3n) is 3.78. The first-order chi connectivity index (χ1) is 12.5. The van der Waals surface area contributed by atoms with E-state index in [4.69, 9.17) is 0 Å². The largest absolute Gasteiger partial charge is 0.322 e. The Morgan fingerprint density at radius 3 is 2.58 bits per heavy atom. The Morgan fingerprint density at radius 2 is 1.92 bits per heavy atom. The molecular weight excluding hydrogens is 382 g/mol. The van der Waals surface area contributed by atoms with Crippen LogP contribution in [-0.2, 0) is 5.75 Å². The molecule has 0 spiro atoms. The Morgan fingerprint density at radius 1 is 1.15 bits per heavy atom. The number of aromatic nitrogens is 2. The first-order valence-electron chi connectivity index (χ1n) is 8.03. The second-order valence-corrected chi connectivity index (χ2v) is 8.55. The Kier molecular flexibility index (Phi) is 6.34. The van der Waals surface area contributed by atoms with Gasteiger partial charge in [0.2, 0.25) is 5.16 Å². The van der Waals surface area contributed by atoms with Crippen molar-refractivity contribution < 1.29 is 4.79 Å². The number of nitrogens with zero attached hydrogens (tertiary/aromatic N) is 2. The van der Waals surface area contributed by atoms with Gasteiger partial charge in [-0.1, -0.05) is 53.4 Å². The molecule has 0 aliphatic carbocycles. The molecule has 0 radical (unpaired) electrons. The molecule has 1 heterocycles. The third-order valence-corrected chi connectivity index (χ3v) is 6.35. The van der Waals surface area contributed by atoms with Crippen molar-refractivity contribution in [3.8, 4) is 0 Å². The molecule has 0 aliphatic heterocycles. The van der Waals surface area contributed by atoms with E-state index < -0.39 is 0 Å². The van der Waals surface area contributed by atoms with Crippen LogP contribution in [0.4, 0.5) is 5.69 Å². The SMILES string of the molecule is CSc1nsc(SCc2ccc(C(=O)Nc3ccc(C)cc3C)cc2)n1. The van der Waals surface area contributed by atoms with Gasteiger partial charge in [0.05, 0.1) is 0 Å².